The fourth-order valence-corrected chi connectivity index (χ4v) is 3.15. The minimum absolute atomic E-state index is 0.165. The summed E-state index contributed by atoms with van der Waals surface area (Å²) in [5.41, 5.74) is 3.46. The van der Waals surface area contributed by atoms with Crippen LogP contribution in [-0.2, 0) is 0 Å². The molecule has 3 aromatic rings. The topological polar surface area (TPSA) is 33.0 Å². The molecule has 120 valence electrons. The van der Waals surface area contributed by atoms with Crippen LogP contribution >= 0.6 is 0 Å². The van der Waals surface area contributed by atoms with Crippen LogP contribution in [-0.4, -0.2) is 6.61 Å². The molecule has 3 rings (SSSR count). The Balaban J connectivity index is 1.74. The number of nitrogens with zero attached hydrogens (tertiary/aromatic N) is 1. The highest BCUT2D eigenvalue weighted by molar-refractivity contribution is 5.86. The predicted molar refractivity (Wildman–Crippen MR) is 98.3 cm³/mol. The maximum Gasteiger partial charge on any atom is 0.119 e. The van der Waals surface area contributed by atoms with Crippen molar-refractivity contribution in [2.75, 3.05) is 6.61 Å². The van der Waals surface area contributed by atoms with Crippen molar-refractivity contribution in [3.63, 3.8) is 0 Å². The second-order valence-electron chi connectivity index (χ2n) is 6.21. The molecule has 0 aliphatic rings. The van der Waals surface area contributed by atoms with Crippen LogP contribution in [0.4, 0.5) is 0 Å². The summed E-state index contributed by atoms with van der Waals surface area (Å²) < 4.78 is 5.88. The van der Waals surface area contributed by atoms with Crippen molar-refractivity contribution in [1.82, 2.24) is 0 Å². The van der Waals surface area contributed by atoms with Gasteiger partial charge in [-0.05, 0) is 53.4 Å². The lowest BCUT2D eigenvalue weighted by Crippen LogP contribution is -2.05. The Labute approximate surface area is 143 Å². The van der Waals surface area contributed by atoms with Crippen LogP contribution in [0.15, 0.2) is 60.7 Å². The number of hydrogen-bond acceptors (Lipinski definition) is 2. The largest absolute Gasteiger partial charge is 0.494 e. The Hall–Kier alpha value is -2.79. The van der Waals surface area contributed by atoms with Gasteiger partial charge in [0.1, 0.15) is 5.75 Å². The van der Waals surface area contributed by atoms with E-state index >= 15 is 0 Å². The molecule has 0 aliphatic heterocycles. The first-order valence-electron chi connectivity index (χ1n) is 8.26. The lowest BCUT2D eigenvalue weighted by atomic mass is 9.92. The van der Waals surface area contributed by atoms with Crippen LogP contribution in [0, 0.1) is 25.2 Å². The molecule has 0 N–H and O–H groups in total. The molecule has 0 saturated heterocycles. The van der Waals surface area contributed by atoms with Crippen molar-refractivity contribution in [2.45, 2.75) is 26.2 Å². The zero-order valence-electron chi connectivity index (χ0n) is 14.1. The summed E-state index contributed by atoms with van der Waals surface area (Å²) in [6, 6.07) is 23.0. The highest BCUT2D eigenvalue weighted by atomic mass is 16.5. The first kappa shape index (κ1) is 16.1. The standard InChI is InChI=1S/C22H21NO/c1-16-12-17(2)14-20(13-16)24-11-10-19(15-23)22-9-5-7-18-6-3-4-8-21(18)22/h3-9,12-14,19H,10-11H2,1-2H3. The fraction of sp³-hybridized carbons (Fsp3) is 0.227. The van der Waals surface area contributed by atoms with Gasteiger partial charge in [0.05, 0.1) is 18.6 Å². The molecule has 0 heterocycles. The number of hydrogen-bond donors (Lipinski definition) is 0. The molecule has 24 heavy (non-hydrogen) atoms. The molecule has 0 bridgehead atoms. The number of ether oxygens (including phenoxy) is 1. The molecule has 0 saturated carbocycles. The summed E-state index contributed by atoms with van der Waals surface area (Å²) in [6.45, 7) is 4.66. The van der Waals surface area contributed by atoms with Gasteiger partial charge in [-0.3, -0.25) is 0 Å². The van der Waals surface area contributed by atoms with E-state index in [-0.39, 0.29) is 5.92 Å². The Morgan fingerprint density at radius 1 is 0.958 bits per heavy atom. The van der Waals surface area contributed by atoms with Gasteiger partial charge in [0, 0.05) is 6.42 Å². The lowest BCUT2D eigenvalue weighted by molar-refractivity contribution is 0.306. The van der Waals surface area contributed by atoms with E-state index in [9.17, 15) is 5.26 Å². The summed E-state index contributed by atoms with van der Waals surface area (Å²) in [4.78, 5) is 0. The van der Waals surface area contributed by atoms with Gasteiger partial charge in [-0.15, -0.1) is 0 Å². The normalized spacial score (nSPS) is 11.9. The number of benzene rings is 3. The van der Waals surface area contributed by atoms with Crippen molar-refractivity contribution in [3.8, 4) is 11.8 Å². The smallest absolute Gasteiger partial charge is 0.119 e. The predicted octanol–water partition coefficient (Wildman–Crippen LogP) is 5.53. The van der Waals surface area contributed by atoms with Gasteiger partial charge in [0.2, 0.25) is 0 Å². The van der Waals surface area contributed by atoms with Gasteiger partial charge in [-0.25, -0.2) is 0 Å². The molecule has 2 nitrogen and oxygen atoms in total. The average molecular weight is 315 g/mol. The number of rotatable bonds is 5. The summed E-state index contributed by atoms with van der Waals surface area (Å²) in [5, 5.41) is 11.9. The molecular weight excluding hydrogens is 294 g/mol. The van der Waals surface area contributed by atoms with Gasteiger partial charge in [0.15, 0.2) is 0 Å². The van der Waals surface area contributed by atoms with Gasteiger partial charge in [-0.2, -0.15) is 5.26 Å². The zero-order chi connectivity index (χ0) is 16.9. The van der Waals surface area contributed by atoms with Gasteiger partial charge in [-0.1, -0.05) is 48.5 Å². The van der Waals surface area contributed by atoms with Crippen molar-refractivity contribution in [3.05, 3.63) is 77.4 Å². The Bertz CT molecular complexity index is 866. The highest BCUT2D eigenvalue weighted by Crippen LogP contribution is 2.28. The van der Waals surface area contributed by atoms with E-state index in [1.807, 2.05) is 36.4 Å². The molecular formula is C22H21NO. The van der Waals surface area contributed by atoms with Crippen LogP contribution in [0.5, 0.6) is 5.75 Å². The Morgan fingerprint density at radius 3 is 2.42 bits per heavy atom. The van der Waals surface area contributed by atoms with E-state index in [1.165, 1.54) is 16.5 Å². The minimum atomic E-state index is -0.165. The van der Waals surface area contributed by atoms with E-state index in [0.29, 0.717) is 13.0 Å². The molecule has 3 aromatic carbocycles. The first-order valence-corrected chi connectivity index (χ1v) is 8.26. The van der Waals surface area contributed by atoms with Crippen LogP contribution in [0.3, 0.4) is 0 Å². The van der Waals surface area contributed by atoms with Crippen LogP contribution < -0.4 is 4.74 Å². The Kier molecular flexibility index (Phi) is 4.82. The maximum atomic E-state index is 9.62. The highest BCUT2D eigenvalue weighted by Gasteiger charge is 2.14. The second-order valence-corrected chi connectivity index (χ2v) is 6.21. The van der Waals surface area contributed by atoms with Crippen LogP contribution in [0.25, 0.3) is 10.8 Å². The van der Waals surface area contributed by atoms with E-state index in [4.69, 9.17) is 4.74 Å². The van der Waals surface area contributed by atoms with E-state index in [0.717, 1.165) is 16.7 Å². The van der Waals surface area contributed by atoms with Gasteiger partial charge in [0.25, 0.3) is 0 Å². The summed E-state index contributed by atoms with van der Waals surface area (Å²) in [5.74, 6) is 0.712. The third-order valence-corrected chi connectivity index (χ3v) is 4.23. The molecule has 2 heteroatoms. The quantitative estimate of drug-likeness (QED) is 0.620. The van der Waals surface area contributed by atoms with E-state index < -0.39 is 0 Å². The van der Waals surface area contributed by atoms with Crippen LogP contribution in [0.2, 0.25) is 0 Å². The van der Waals surface area contributed by atoms with Crippen molar-refractivity contribution in [2.24, 2.45) is 0 Å². The van der Waals surface area contributed by atoms with Gasteiger partial charge < -0.3 is 4.74 Å². The molecule has 0 radical (unpaired) electrons. The van der Waals surface area contributed by atoms with Crippen LogP contribution in [0.1, 0.15) is 29.0 Å². The molecule has 1 unspecified atom stereocenters. The zero-order valence-corrected chi connectivity index (χ0v) is 14.1. The summed E-state index contributed by atoms with van der Waals surface area (Å²) in [7, 11) is 0. The summed E-state index contributed by atoms with van der Waals surface area (Å²) in [6.07, 6.45) is 0.678. The second kappa shape index (κ2) is 7.19. The fourth-order valence-electron chi connectivity index (χ4n) is 3.15. The SMILES string of the molecule is Cc1cc(C)cc(OCCC(C#N)c2cccc3ccccc23)c1. The molecule has 0 fully saturated rings. The maximum absolute atomic E-state index is 9.62. The van der Waals surface area contributed by atoms with E-state index in [2.05, 4.69) is 44.2 Å². The van der Waals surface area contributed by atoms with Crippen molar-refractivity contribution >= 4 is 10.8 Å². The molecule has 1 atom stereocenters. The third-order valence-electron chi connectivity index (χ3n) is 4.23. The average Bonchev–Trinajstić information content (AvgIpc) is 2.58. The number of nitriles is 1. The minimum Gasteiger partial charge on any atom is -0.494 e. The first-order chi connectivity index (χ1) is 11.7. The van der Waals surface area contributed by atoms with E-state index in [1.54, 1.807) is 0 Å². The lowest BCUT2D eigenvalue weighted by Gasteiger charge is -2.14. The molecule has 0 amide bonds. The molecule has 0 spiro atoms. The monoisotopic (exact) mass is 315 g/mol. The molecule has 0 aromatic heterocycles. The third kappa shape index (κ3) is 3.58. The number of aryl methyl sites for hydroxylation is 2. The Morgan fingerprint density at radius 2 is 1.67 bits per heavy atom. The number of fused-ring (bicyclic) bond motifs is 1. The summed E-state index contributed by atoms with van der Waals surface area (Å²) >= 11 is 0. The van der Waals surface area contributed by atoms with Gasteiger partial charge >= 0.3 is 0 Å². The van der Waals surface area contributed by atoms with Crippen molar-refractivity contribution in [1.29, 1.82) is 5.26 Å². The molecule has 0 aliphatic carbocycles. The van der Waals surface area contributed by atoms with Crippen molar-refractivity contribution < 1.29 is 4.74 Å².